The summed E-state index contributed by atoms with van der Waals surface area (Å²) in [6.45, 7) is 2.01. The van der Waals surface area contributed by atoms with Crippen LogP contribution in [0.15, 0.2) is 30.3 Å². The molecule has 3 heteroatoms. The predicted octanol–water partition coefficient (Wildman–Crippen LogP) is 2.74. The van der Waals surface area contributed by atoms with Gasteiger partial charge in [0.15, 0.2) is 0 Å². The highest BCUT2D eigenvalue weighted by Crippen LogP contribution is 2.09. The highest BCUT2D eigenvalue weighted by molar-refractivity contribution is 5.96. The zero-order valence-corrected chi connectivity index (χ0v) is 9.44. The number of Topliss-reactive ketones (excluding diaryl/α,β-unsaturated/α-hetero) is 1. The topological polar surface area (TPSA) is 43.4 Å². The maximum absolute atomic E-state index is 11.3. The van der Waals surface area contributed by atoms with Crippen LogP contribution in [0.25, 0.3) is 0 Å². The highest BCUT2D eigenvalue weighted by atomic mass is 16.5. The number of ether oxygens (including phenoxy) is 1. The number of carbonyl (C=O) groups excluding carboxylic acids is 2. The Morgan fingerprint density at radius 2 is 1.88 bits per heavy atom. The summed E-state index contributed by atoms with van der Waals surface area (Å²) in [5.74, 6) is -0.0501. The summed E-state index contributed by atoms with van der Waals surface area (Å²) >= 11 is 0. The lowest BCUT2D eigenvalue weighted by atomic mass is 10.1. The highest BCUT2D eigenvalue weighted by Gasteiger charge is 2.10. The van der Waals surface area contributed by atoms with Gasteiger partial charge in [-0.05, 0) is 18.6 Å². The van der Waals surface area contributed by atoms with Crippen molar-refractivity contribution in [3.05, 3.63) is 30.3 Å². The number of hydrogen-bond acceptors (Lipinski definition) is 3. The number of esters is 1. The van der Waals surface area contributed by atoms with Gasteiger partial charge < -0.3 is 4.74 Å². The molecule has 0 unspecified atom stereocenters. The van der Waals surface area contributed by atoms with Crippen molar-refractivity contribution in [2.75, 3.05) is 0 Å². The molecule has 0 bridgehead atoms. The second-order valence-corrected chi connectivity index (χ2v) is 3.61. The lowest BCUT2D eigenvalue weighted by Crippen LogP contribution is -2.13. The van der Waals surface area contributed by atoms with Gasteiger partial charge in [-0.3, -0.25) is 9.59 Å². The molecule has 0 fully saturated rings. The molecule has 0 saturated heterocycles. The minimum atomic E-state index is -0.479. The first-order valence-corrected chi connectivity index (χ1v) is 5.49. The fraction of sp³-hybridized carbons (Fsp3) is 0.385. The Bertz CT molecular complexity index is 343. The summed E-state index contributed by atoms with van der Waals surface area (Å²) in [6, 6.07) is 8.77. The first-order chi connectivity index (χ1) is 7.72. The van der Waals surface area contributed by atoms with Crippen molar-refractivity contribution in [1.29, 1.82) is 0 Å². The fourth-order valence-corrected chi connectivity index (χ4v) is 1.28. The largest absolute Gasteiger partial charge is 0.426 e. The molecule has 86 valence electrons. The van der Waals surface area contributed by atoms with Crippen LogP contribution >= 0.6 is 0 Å². The number of benzene rings is 1. The minimum absolute atomic E-state index is 0.0530. The van der Waals surface area contributed by atoms with Gasteiger partial charge in [-0.1, -0.05) is 31.5 Å². The van der Waals surface area contributed by atoms with Gasteiger partial charge in [-0.25, -0.2) is 0 Å². The van der Waals surface area contributed by atoms with Crippen LogP contribution in [0.4, 0.5) is 0 Å². The summed E-state index contributed by atoms with van der Waals surface area (Å²) < 4.78 is 5.01. The quantitative estimate of drug-likeness (QED) is 0.420. The molecule has 0 aromatic heterocycles. The van der Waals surface area contributed by atoms with E-state index in [1.165, 1.54) is 0 Å². The third-order valence-electron chi connectivity index (χ3n) is 2.13. The zero-order chi connectivity index (χ0) is 11.8. The maximum Gasteiger partial charge on any atom is 0.318 e. The molecule has 0 heterocycles. The minimum Gasteiger partial charge on any atom is -0.426 e. The number of hydrogen-bond donors (Lipinski definition) is 0. The van der Waals surface area contributed by atoms with Crippen LogP contribution in [0, 0.1) is 0 Å². The van der Waals surface area contributed by atoms with E-state index in [0.29, 0.717) is 12.2 Å². The molecule has 0 amide bonds. The van der Waals surface area contributed by atoms with Crippen LogP contribution in [0.3, 0.4) is 0 Å². The monoisotopic (exact) mass is 220 g/mol. The van der Waals surface area contributed by atoms with E-state index in [0.717, 1.165) is 12.8 Å². The first-order valence-electron chi connectivity index (χ1n) is 5.49. The Balaban J connectivity index is 2.34. The van der Waals surface area contributed by atoms with Crippen LogP contribution in [-0.4, -0.2) is 11.8 Å². The van der Waals surface area contributed by atoms with Crippen LogP contribution in [0.1, 0.15) is 32.6 Å². The van der Waals surface area contributed by atoms with Crippen molar-refractivity contribution in [3.63, 3.8) is 0 Å². The average Bonchev–Trinajstić information content (AvgIpc) is 2.27. The standard InChI is InChI=1S/C13H16O3/c1-2-3-7-11(14)10-13(15)16-12-8-5-4-6-9-12/h4-6,8-9H,2-3,7,10H2,1H3. The van der Waals surface area contributed by atoms with E-state index >= 15 is 0 Å². The van der Waals surface area contributed by atoms with Gasteiger partial charge in [0.1, 0.15) is 18.0 Å². The maximum atomic E-state index is 11.3. The molecule has 0 atom stereocenters. The fourth-order valence-electron chi connectivity index (χ4n) is 1.28. The van der Waals surface area contributed by atoms with Crippen LogP contribution < -0.4 is 4.74 Å². The van der Waals surface area contributed by atoms with Crippen molar-refractivity contribution >= 4 is 11.8 Å². The van der Waals surface area contributed by atoms with E-state index in [9.17, 15) is 9.59 Å². The van der Waals surface area contributed by atoms with Gasteiger partial charge in [-0.2, -0.15) is 0 Å². The van der Waals surface area contributed by atoms with E-state index < -0.39 is 5.97 Å². The van der Waals surface area contributed by atoms with Crippen molar-refractivity contribution in [1.82, 2.24) is 0 Å². The molecule has 0 radical (unpaired) electrons. The molecule has 0 spiro atoms. The molecule has 3 nitrogen and oxygen atoms in total. The molecule has 1 rings (SSSR count). The smallest absolute Gasteiger partial charge is 0.318 e. The average molecular weight is 220 g/mol. The number of para-hydroxylation sites is 1. The molecular formula is C13H16O3. The second kappa shape index (κ2) is 6.77. The van der Waals surface area contributed by atoms with E-state index in [4.69, 9.17) is 4.74 Å². The van der Waals surface area contributed by atoms with Gasteiger partial charge in [0, 0.05) is 6.42 Å². The van der Waals surface area contributed by atoms with Crippen LogP contribution in [0.5, 0.6) is 5.75 Å². The number of rotatable bonds is 6. The molecule has 0 aliphatic carbocycles. The summed E-state index contributed by atoms with van der Waals surface area (Å²) in [6.07, 6.45) is 2.12. The summed E-state index contributed by atoms with van der Waals surface area (Å²) in [7, 11) is 0. The summed E-state index contributed by atoms with van der Waals surface area (Å²) in [5.41, 5.74) is 0. The van der Waals surface area contributed by atoms with Crippen molar-refractivity contribution in [2.24, 2.45) is 0 Å². The Morgan fingerprint density at radius 3 is 2.50 bits per heavy atom. The third kappa shape index (κ3) is 4.73. The lowest BCUT2D eigenvalue weighted by Gasteiger charge is -2.03. The molecule has 1 aromatic rings. The Hall–Kier alpha value is -1.64. The molecule has 16 heavy (non-hydrogen) atoms. The van der Waals surface area contributed by atoms with E-state index in [1.807, 2.05) is 13.0 Å². The van der Waals surface area contributed by atoms with Crippen molar-refractivity contribution < 1.29 is 14.3 Å². The Kier molecular flexibility index (Phi) is 5.26. The summed E-state index contributed by atoms with van der Waals surface area (Å²) in [4.78, 5) is 22.6. The first kappa shape index (κ1) is 12.4. The molecule has 0 aliphatic heterocycles. The van der Waals surface area contributed by atoms with Gasteiger partial charge in [0.2, 0.25) is 0 Å². The van der Waals surface area contributed by atoms with Gasteiger partial charge in [0.05, 0.1) is 0 Å². The van der Waals surface area contributed by atoms with Gasteiger partial charge in [0.25, 0.3) is 0 Å². The SMILES string of the molecule is CCCCC(=O)CC(=O)Oc1ccccc1. The van der Waals surface area contributed by atoms with Crippen molar-refractivity contribution in [2.45, 2.75) is 32.6 Å². The van der Waals surface area contributed by atoms with Crippen LogP contribution in [-0.2, 0) is 9.59 Å². The van der Waals surface area contributed by atoms with Crippen molar-refractivity contribution in [3.8, 4) is 5.75 Å². The number of ketones is 1. The zero-order valence-electron chi connectivity index (χ0n) is 9.44. The number of carbonyl (C=O) groups is 2. The Morgan fingerprint density at radius 1 is 1.19 bits per heavy atom. The molecule has 0 saturated carbocycles. The molecule has 1 aromatic carbocycles. The molecular weight excluding hydrogens is 204 g/mol. The van der Waals surface area contributed by atoms with Gasteiger partial charge >= 0.3 is 5.97 Å². The van der Waals surface area contributed by atoms with Crippen LogP contribution in [0.2, 0.25) is 0 Å². The third-order valence-corrected chi connectivity index (χ3v) is 2.13. The molecule has 0 aliphatic rings. The normalized spacial score (nSPS) is 9.81. The summed E-state index contributed by atoms with van der Waals surface area (Å²) in [5, 5.41) is 0. The predicted molar refractivity (Wildman–Crippen MR) is 61.2 cm³/mol. The Labute approximate surface area is 95.4 Å². The second-order valence-electron chi connectivity index (χ2n) is 3.61. The lowest BCUT2D eigenvalue weighted by molar-refractivity contribution is -0.138. The number of unbranched alkanes of at least 4 members (excludes halogenated alkanes) is 1. The van der Waals surface area contributed by atoms with E-state index in [1.54, 1.807) is 24.3 Å². The van der Waals surface area contributed by atoms with Gasteiger partial charge in [-0.15, -0.1) is 0 Å². The molecule has 0 N–H and O–H groups in total. The van der Waals surface area contributed by atoms with E-state index in [-0.39, 0.29) is 12.2 Å². The van der Waals surface area contributed by atoms with E-state index in [2.05, 4.69) is 0 Å².